The highest BCUT2D eigenvalue weighted by Crippen LogP contribution is 2.28. The maximum Gasteiger partial charge on any atom is 0.251 e. The minimum absolute atomic E-state index is 0.00986. The topological polar surface area (TPSA) is 55.1 Å². The fourth-order valence-electron chi connectivity index (χ4n) is 2.71. The molecule has 0 radical (unpaired) electrons. The fraction of sp³-hybridized carbons (Fsp3) is 0.471. The number of amides is 1. The molecule has 3 N–H and O–H groups in total. The predicted molar refractivity (Wildman–Crippen MR) is 89.5 cm³/mol. The van der Waals surface area contributed by atoms with Gasteiger partial charge in [-0.2, -0.15) is 11.8 Å². The van der Waals surface area contributed by atoms with E-state index in [4.69, 9.17) is 5.73 Å². The molecule has 3 nitrogen and oxygen atoms in total. The number of carbonyl (C=O) groups excluding carboxylic acids is 1. The van der Waals surface area contributed by atoms with Gasteiger partial charge < -0.3 is 11.1 Å². The van der Waals surface area contributed by atoms with Crippen LogP contribution < -0.4 is 11.1 Å². The molecule has 0 bridgehead atoms. The molecule has 0 heterocycles. The minimum Gasteiger partial charge on any atom is -0.349 e. The Morgan fingerprint density at radius 1 is 1.48 bits per heavy atom. The van der Waals surface area contributed by atoms with Gasteiger partial charge in [0.2, 0.25) is 0 Å². The smallest absolute Gasteiger partial charge is 0.251 e. The molecule has 1 amide bonds. The van der Waals surface area contributed by atoms with Crippen LogP contribution in [-0.2, 0) is 0 Å². The van der Waals surface area contributed by atoms with Gasteiger partial charge in [-0.25, -0.2) is 0 Å². The highest BCUT2D eigenvalue weighted by molar-refractivity contribution is 7.99. The standard InChI is InChI=1S/C17H22N2OS/c1-12-13(6-4-10-18)5-3-7-16(12)17(20)19-14-8-9-15(11-14)21-2/h3,5,7,14-15H,8-11,18H2,1-2H3,(H,19,20). The second-order valence-corrected chi connectivity index (χ2v) is 6.46. The van der Waals surface area contributed by atoms with Gasteiger partial charge in [0, 0.05) is 22.4 Å². The van der Waals surface area contributed by atoms with Gasteiger partial charge in [-0.1, -0.05) is 17.9 Å². The number of hydrogen-bond donors (Lipinski definition) is 2. The van der Waals surface area contributed by atoms with Crippen LogP contribution in [0.4, 0.5) is 0 Å². The quantitative estimate of drug-likeness (QED) is 0.843. The molecule has 4 heteroatoms. The first-order valence-electron chi connectivity index (χ1n) is 7.28. The molecular formula is C17H22N2OS. The van der Waals surface area contributed by atoms with E-state index in [1.807, 2.05) is 36.9 Å². The van der Waals surface area contributed by atoms with Gasteiger partial charge in [0.25, 0.3) is 5.91 Å². The molecule has 112 valence electrons. The van der Waals surface area contributed by atoms with Crippen LogP contribution in [0.2, 0.25) is 0 Å². The van der Waals surface area contributed by atoms with Gasteiger partial charge in [-0.05, 0) is 50.1 Å². The fourth-order valence-corrected chi connectivity index (χ4v) is 3.51. The number of rotatable bonds is 3. The first-order valence-corrected chi connectivity index (χ1v) is 8.56. The van der Waals surface area contributed by atoms with Crippen molar-refractivity contribution in [1.29, 1.82) is 0 Å². The van der Waals surface area contributed by atoms with E-state index in [9.17, 15) is 4.79 Å². The highest BCUT2D eigenvalue weighted by atomic mass is 32.2. The Morgan fingerprint density at radius 3 is 2.95 bits per heavy atom. The first-order chi connectivity index (χ1) is 10.2. The number of benzene rings is 1. The van der Waals surface area contributed by atoms with E-state index in [0.717, 1.165) is 24.0 Å². The summed E-state index contributed by atoms with van der Waals surface area (Å²) in [6.45, 7) is 2.27. The summed E-state index contributed by atoms with van der Waals surface area (Å²) in [5.74, 6) is 5.87. The third-order valence-electron chi connectivity index (χ3n) is 3.96. The van der Waals surface area contributed by atoms with Crippen molar-refractivity contribution in [2.75, 3.05) is 12.8 Å². The minimum atomic E-state index is 0.00986. The summed E-state index contributed by atoms with van der Waals surface area (Å²) in [6, 6.07) is 5.96. The lowest BCUT2D eigenvalue weighted by Gasteiger charge is -2.14. The zero-order valence-electron chi connectivity index (χ0n) is 12.6. The third kappa shape index (κ3) is 4.03. The lowest BCUT2D eigenvalue weighted by molar-refractivity contribution is 0.0937. The van der Waals surface area contributed by atoms with Crippen molar-refractivity contribution < 1.29 is 4.79 Å². The molecule has 1 fully saturated rings. The summed E-state index contributed by atoms with van der Waals surface area (Å²) in [7, 11) is 0. The molecule has 0 aromatic heterocycles. The number of nitrogens with one attached hydrogen (secondary N) is 1. The highest BCUT2D eigenvalue weighted by Gasteiger charge is 2.25. The van der Waals surface area contributed by atoms with Gasteiger partial charge in [0.15, 0.2) is 0 Å². The van der Waals surface area contributed by atoms with Gasteiger partial charge >= 0.3 is 0 Å². The Bertz CT molecular complexity index is 574. The lowest BCUT2D eigenvalue weighted by atomic mass is 10.0. The van der Waals surface area contributed by atoms with Gasteiger partial charge in [-0.15, -0.1) is 0 Å². The normalized spacial score (nSPS) is 20.7. The molecule has 1 aliphatic rings. The average molecular weight is 302 g/mol. The monoisotopic (exact) mass is 302 g/mol. The lowest BCUT2D eigenvalue weighted by Crippen LogP contribution is -2.33. The maximum atomic E-state index is 12.5. The summed E-state index contributed by atoms with van der Waals surface area (Å²) >= 11 is 1.89. The number of carbonyl (C=O) groups is 1. The molecular weight excluding hydrogens is 280 g/mol. The molecule has 1 aromatic carbocycles. The molecule has 1 aliphatic carbocycles. The van der Waals surface area contributed by atoms with Gasteiger partial charge in [0.1, 0.15) is 0 Å². The average Bonchev–Trinajstić information content (AvgIpc) is 2.93. The summed E-state index contributed by atoms with van der Waals surface area (Å²) in [4.78, 5) is 12.5. The van der Waals surface area contributed by atoms with Crippen molar-refractivity contribution in [1.82, 2.24) is 5.32 Å². The molecule has 1 aromatic rings. The van der Waals surface area contributed by atoms with Crippen molar-refractivity contribution in [3.05, 3.63) is 34.9 Å². The van der Waals surface area contributed by atoms with E-state index in [0.29, 0.717) is 23.4 Å². The SMILES string of the molecule is CSC1CCC(NC(=O)c2cccc(C#CCN)c2C)C1. The molecule has 21 heavy (non-hydrogen) atoms. The van der Waals surface area contributed by atoms with Crippen LogP contribution in [0.1, 0.15) is 40.7 Å². The molecule has 0 saturated heterocycles. The predicted octanol–water partition coefficient (Wildman–Crippen LogP) is 2.32. The Kier molecular flexibility index (Phi) is 5.72. The Balaban J connectivity index is 2.09. The van der Waals surface area contributed by atoms with Crippen LogP contribution >= 0.6 is 11.8 Å². The van der Waals surface area contributed by atoms with E-state index in [-0.39, 0.29) is 5.91 Å². The number of nitrogens with two attached hydrogens (primary N) is 1. The van der Waals surface area contributed by atoms with Crippen molar-refractivity contribution in [2.45, 2.75) is 37.5 Å². The van der Waals surface area contributed by atoms with E-state index in [2.05, 4.69) is 23.4 Å². The van der Waals surface area contributed by atoms with Crippen LogP contribution in [0.15, 0.2) is 18.2 Å². The summed E-state index contributed by atoms with van der Waals surface area (Å²) < 4.78 is 0. The third-order valence-corrected chi connectivity index (χ3v) is 5.05. The van der Waals surface area contributed by atoms with Crippen LogP contribution in [0.5, 0.6) is 0 Å². The molecule has 0 spiro atoms. The van der Waals surface area contributed by atoms with Gasteiger partial charge in [-0.3, -0.25) is 4.79 Å². The molecule has 2 unspecified atom stereocenters. The van der Waals surface area contributed by atoms with Crippen molar-refractivity contribution in [2.24, 2.45) is 5.73 Å². The van der Waals surface area contributed by atoms with E-state index in [1.54, 1.807) is 0 Å². The van der Waals surface area contributed by atoms with Crippen LogP contribution in [0.3, 0.4) is 0 Å². The Morgan fingerprint density at radius 2 is 2.29 bits per heavy atom. The van der Waals surface area contributed by atoms with Crippen molar-refractivity contribution in [3.8, 4) is 11.8 Å². The Labute approximate surface area is 131 Å². The zero-order chi connectivity index (χ0) is 15.2. The summed E-state index contributed by atoms with van der Waals surface area (Å²) in [6.07, 6.45) is 5.47. The van der Waals surface area contributed by atoms with Crippen molar-refractivity contribution in [3.63, 3.8) is 0 Å². The second kappa shape index (κ2) is 7.53. The van der Waals surface area contributed by atoms with Crippen LogP contribution in [0, 0.1) is 18.8 Å². The molecule has 1 saturated carbocycles. The summed E-state index contributed by atoms with van der Waals surface area (Å²) in [5, 5.41) is 3.84. The van der Waals surface area contributed by atoms with Crippen molar-refractivity contribution >= 4 is 17.7 Å². The second-order valence-electron chi connectivity index (χ2n) is 5.33. The Hall–Kier alpha value is -1.44. The zero-order valence-corrected chi connectivity index (χ0v) is 13.4. The van der Waals surface area contributed by atoms with Crippen LogP contribution in [-0.4, -0.2) is 30.0 Å². The van der Waals surface area contributed by atoms with Gasteiger partial charge in [0.05, 0.1) is 6.54 Å². The van der Waals surface area contributed by atoms with E-state index >= 15 is 0 Å². The molecule has 0 aliphatic heterocycles. The number of thioether (sulfide) groups is 1. The van der Waals surface area contributed by atoms with Crippen LogP contribution in [0.25, 0.3) is 0 Å². The summed E-state index contributed by atoms with van der Waals surface area (Å²) in [5.41, 5.74) is 7.92. The maximum absolute atomic E-state index is 12.5. The van der Waals surface area contributed by atoms with E-state index in [1.165, 1.54) is 6.42 Å². The first kappa shape index (κ1) is 15.9. The molecule has 2 atom stereocenters. The van der Waals surface area contributed by atoms with E-state index < -0.39 is 0 Å². The number of hydrogen-bond acceptors (Lipinski definition) is 3. The molecule has 2 rings (SSSR count). The largest absolute Gasteiger partial charge is 0.349 e.